The molecular formula is C34H53NO7. The first-order valence-corrected chi connectivity index (χ1v) is 16.9. The SMILES string of the molecule is C[C@@H]1C[C@H](CCC(=O)O)O[C@H]2C1[C@@]1(C)CC[C@@]34C[C@@]35CC[C@H](OC(=O)N3CCOCC3)C(C)(C)[C@@H]5CC[C@H]4[C@]1(C)[C@H]2O. The molecule has 0 radical (unpaired) electrons. The summed E-state index contributed by atoms with van der Waals surface area (Å²) >= 11 is 0. The van der Waals surface area contributed by atoms with Crippen molar-refractivity contribution in [2.75, 3.05) is 26.3 Å². The number of carboxylic acids is 1. The number of aliphatic carboxylic acids is 1. The number of ether oxygens (including phenoxy) is 3. The fraction of sp³-hybridized carbons (Fsp3) is 0.941. The van der Waals surface area contributed by atoms with Gasteiger partial charge in [-0.25, -0.2) is 4.79 Å². The molecule has 12 atom stereocenters. The van der Waals surface area contributed by atoms with E-state index >= 15 is 0 Å². The largest absolute Gasteiger partial charge is 0.481 e. The quantitative estimate of drug-likeness (QED) is 0.447. The summed E-state index contributed by atoms with van der Waals surface area (Å²) in [7, 11) is 0. The van der Waals surface area contributed by atoms with Crippen LogP contribution in [0, 0.1) is 50.7 Å². The second-order valence-corrected chi connectivity index (χ2v) is 16.5. The molecule has 7 fully saturated rings. The number of amides is 1. The fourth-order valence-electron chi connectivity index (χ4n) is 13.0. The second kappa shape index (κ2) is 9.56. The summed E-state index contributed by atoms with van der Waals surface area (Å²) in [5.74, 6) is 0.895. The van der Waals surface area contributed by atoms with E-state index in [-0.39, 0.29) is 57.9 Å². The van der Waals surface area contributed by atoms with Crippen LogP contribution >= 0.6 is 0 Å². The molecule has 2 saturated heterocycles. The molecule has 0 aromatic heterocycles. The van der Waals surface area contributed by atoms with Crippen LogP contribution in [0.1, 0.15) is 98.8 Å². The Kier molecular flexibility index (Phi) is 6.68. The van der Waals surface area contributed by atoms with Crippen molar-refractivity contribution in [3.63, 3.8) is 0 Å². The van der Waals surface area contributed by atoms with E-state index in [4.69, 9.17) is 14.2 Å². The maximum absolute atomic E-state index is 13.1. The van der Waals surface area contributed by atoms with Crippen molar-refractivity contribution in [2.45, 2.75) is 123 Å². The Hall–Kier alpha value is -1.38. The molecule has 2 heterocycles. The van der Waals surface area contributed by atoms with Gasteiger partial charge in [-0.2, -0.15) is 0 Å². The maximum atomic E-state index is 13.1. The van der Waals surface area contributed by atoms with Crippen molar-refractivity contribution >= 4 is 12.1 Å². The minimum atomic E-state index is -0.779. The molecule has 2 spiro atoms. The second-order valence-electron chi connectivity index (χ2n) is 16.5. The summed E-state index contributed by atoms with van der Waals surface area (Å²) < 4.78 is 18.4. The third-order valence-electron chi connectivity index (χ3n) is 15.0. The molecule has 2 aliphatic heterocycles. The van der Waals surface area contributed by atoms with E-state index in [1.807, 2.05) is 0 Å². The monoisotopic (exact) mass is 587 g/mol. The number of aliphatic hydroxyl groups is 1. The van der Waals surface area contributed by atoms with E-state index in [0.717, 1.165) is 38.5 Å². The first-order valence-electron chi connectivity index (χ1n) is 16.9. The fourth-order valence-corrected chi connectivity index (χ4v) is 13.0. The van der Waals surface area contributed by atoms with Crippen molar-refractivity contribution in [1.29, 1.82) is 0 Å². The highest BCUT2D eigenvalue weighted by atomic mass is 16.6. The molecule has 42 heavy (non-hydrogen) atoms. The first-order chi connectivity index (χ1) is 19.8. The molecule has 5 aliphatic carbocycles. The van der Waals surface area contributed by atoms with Crippen molar-refractivity contribution in [1.82, 2.24) is 4.90 Å². The third-order valence-corrected chi connectivity index (χ3v) is 15.0. The molecule has 0 bridgehead atoms. The van der Waals surface area contributed by atoms with Gasteiger partial charge in [-0.3, -0.25) is 4.79 Å². The van der Waals surface area contributed by atoms with Gasteiger partial charge < -0.3 is 29.3 Å². The highest BCUT2D eigenvalue weighted by Crippen LogP contribution is 2.89. The van der Waals surface area contributed by atoms with Crippen LogP contribution in [0.2, 0.25) is 0 Å². The number of carbonyl (C=O) groups is 2. The molecule has 7 aliphatic rings. The lowest BCUT2D eigenvalue weighted by Gasteiger charge is -2.63. The zero-order valence-electron chi connectivity index (χ0n) is 26.4. The van der Waals surface area contributed by atoms with Crippen molar-refractivity contribution in [3.05, 3.63) is 0 Å². The number of carboxylic acid groups (broad SMARTS) is 1. The summed E-state index contributed by atoms with van der Waals surface area (Å²) in [6, 6.07) is 0. The molecule has 0 aromatic rings. The van der Waals surface area contributed by atoms with Gasteiger partial charge >= 0.3 is 12.1 Å². The lowest BCUT2D eigenvalue weighted by molar-refractivity contribution is -0.183. The minimum absolute atomic E-state index is 0.00120. The van der Waals surface area contributed by atoms with Crippen LogP contribution in [-0.4, -0.2) is 77.9 Å². The van der Waals surface area contributed by atoms with Gasteiger partial charge in [0.05, 0.1) is 31.5 Å². The molecule has 0 aromatic carbocycles. The molecule has 5 saturated carbocycles. The number of morpholine rings is 1. The van der Waals surface area contributed by atoms with Crippen LogP contribution in [0.15, 0.2) is 0 Å². The Bertz CT molecular complexity index is 1120. The van der Waals surface area contributed by atoms with Gasteiger partial charge in [0.2, 0.25) is 0 Å². The molecule has 8 nitrogen and oxygen atoms in total. The average Bonchev–Trinajstić information content (AvgIpc) is 3.58. The van der Waals surface area contributed by atoms with Crippen molar-refractivity contribution in [3.8, 4) is 0 Å². The number of hydrogen-bond acceptors (Lipinski definition) is 6. The van der Waals surface area contributed by atoms with Crippen LogP contribution in [0.25, 0.3) is 0 Å². The molecule has 1 amide bonds. The van der Waals surface area contributed by atoms with Gasteiger partial charge in [0, 0.05) is 30.3 Å². The standard InChI is InChI=1S/C34H53NO7/c1-20-18-21(6-9-25(36)37)41-27-26(20)31(4)12-13-34-19-33(34)11-10-24(42-29(39)35-14-16-40-17-15-35)30(2,3)22(33)7-8-23(34)32(31,5)28(27)38/h20-24,26-28,38H,6-19H2,1-5H3,(H,36,37)/t20-,21+,22+,23+,24+,26?,27+,28+,31-,32-,33-,34+/m1/s1. The maximum Gasteiger partial charge on any atom is 0.410 e. The third kappa shape index (κ3) is 3.70. The van der Waals surface area contributed by atoms with E-state index in [0.29, 0.717) is 56.4 Å². The number of rotatable bonds is 4. The van der Waals surface area contributed by atoms with E-state index in [2.05, 4.69) is 34.6 Å². The van der Waals surface area contributed by atoms with Crippen LogP contribution in [-0.2, 0) is 19.0 Å². The van der Waals surface area contributed by atoms with Gasteiger partial charge in [0.25, 0.3) is 0 Å². The molecule has 1 unspecified atom stereocenters. The van der Waals surface area contributed by atoms with Crippen molar-refractivity contribution in [2.24, 2.45) is 50.7 Å². The predicted molar refractivity (Wildman–Crippen MR) is 156 cm³/mol. The summed E-state index contributed by atoms with van der Waals surface area (Å²) in [6.07, 6.45) is 8.29. The van der Waals surface area contributed by atoms with Crippen LogP contribution < -0.4 is 0 Å². The Labute approximate surface area is 251 Å². The smallest absolute Gasteiger partial charge is 0.410 e. The number of nitrogens with zero attached hydrogens (tertiary/aromatic N) is 1. The predicted octanol–water partition coefficient (Wildman–Crippen LogP) is 5.50. The number of fused-ring (bicyclic) bond motifs is 4. The number of carbonyl (C=O) groups excluding carboxylic acids is 1. The summed E-state index contributed by atoms with van der Waals surface area (Å²) in [6.45, 7) is 14.2. The zero-order valence-corrected chi connectivity index (χ0v) is 26.4. The molecular weight excluding hydrogens is 534 g/mol. The van der Waals surface area contributed by atoms with E-state index in [9.17, 15) is 19.8 Å². The van der Waals surface area contributed by atoms with Gasteiger partial charge in [0.15, 0.2) is 0 Å². The van der Waals surface area contributed by atoms with Gasteiger partial charge in [-0.1, -0.05) is 34.6 Å². The highest BCUT2D eigenvalue weighted by Gasteiger charge is 2.84. The van der Waals surface area contributed by atoms with Gasteiger partial charge in [-0.05, 0) is 97.7 Å². The minimum Gasteiger partial charge on any atom is -0.481 e. The summed E-state index contributed by atoms with van der Waals surface area (Å²) in [4.78, 5) is 26.2. The first kappa shape index (κ1) is 29.3. The lowest BCUT2D eigenvalue weighted by atomic mass is 9.41. The highest BCUT2D eigenvalue weighted by molar-refractivity contribution is 5.68. The number of hydrogen-bond donors (Lipinski definition) is 2. The zero-order chi connectivity index (χ0) is 29.9. The van der Waals surface area contributed by atoms with E-state index in [1.54, 1.807) is 4.90 Å². The van der Waals surface area contributed by atoms with Crippen LogP contribution in [0.4, 0.5) is 4.79 Å². The summed E-state index contributed by atoms with van der Waals surface area (Å²) in [5, 5.41) is 21.6. The summed E-state index contributed by atoms with van der Waals surface area (Å²) in [5.41, 5.74) is 0.209. The van der Waals surface area contributed by atoms with Crippen LogP contribution in [0.3, 0.4) is 0 Å². The average molecular weight is 588 g/mol. The number of aliphatic hydroxyl groups excluding tert-OH is 1. The Morgan fingerprint density at radius 1 is 0.976 bits per heavy atom. The van der Waals surface area contributed by atoms with E-state index < -0.39 is 12.1 Å². The van der Waals surface area contributed by atoms with Gasteiger partial charge in [0.1, 0.15) is 6.10 Å². The Balaban J connectivity index is 1.13. The molecule has 2 N–H and O–H groups in total. The Morgan fingerprint density at radius 2 is 1.67 bits per heavy atom. The Morgan fingerprint density at radius 3 is 2.38 bits per heavy atom. The van der Waals surface area contributed by atoms with Crippen molar-refractivity contribution < 1.29 is 34.0 Å². The molecule has 236 valence electrons. The van der Waals surface area contributed by atoms with Gasteiger partial charge in [-0.15, -0.1) is 0 Å². The normalized spacial score (nSPS) is 52.2. The molecule has 8 heteroatoms. The molecule has 7 rings (SSSR count). The van der Waals surface area contributed by atoms with E-state index in [1.165, 1.54) is 12.8 Å². The lowest BCUT2D eigenvalue weighted by Crippen LogP contribution is -2.60. The van der Waals surface area contributed by atoms with Crippen LogP contribution in [0.5, 0.6) is 0 Å². The topological polar surface area (TPSA) is 106 Å².